The number of nitrogens with zero attached hydrogens (tertiary/aromatic N) is 3. The summed E-state index contributed by atoms with van der Waals surface area (Å²) in [6, 6.07) is 8.69. The highest BCUT2D eigenvalue weighted by Gasteiger charge is 2.24. The van der Waals surface area contributed by atoms with Crippen LogP contribution >= 0.6 is 0 Å². The molecule has 1 aliphatic rings. The highest BCUT2D eigenvalue weighted by atomic mass is 32.2. The molecule has 1 aromatic heterocycles. The summed E-state index contributed by atoms with van der Waals surface area (Å²) in [6.45, 7) is 0. The van der Waals surface area contributed by atoms with Gasteiger partial charge in [0.2, 0.25) is 0 Å². The number of hydroxylamine groups is 2. The molecule has 1 saturated carbocycles. The fraction of sp³-hybridized carbons (Fsp3) is 0.474. The van der Waals surface area contributed by atoms with Crippen LogP contribution in [0.25, 0.3) is 11.3 Å². The summed E-state index contributed by atoms with van der Waals surface area (Å²) in [4.78, 5) is 17.7. The Morgan fingerprint density at radius 3 is 2.37 bits per heavy atom. The third-order valence-electron chi connectivity index (χ3n) is 5.01. The van der Waals surface area contributed by atoms with Crippen molar-refractivity contribution in [2.45, 2.75) is 43.0 Å². The molecular weight excluding hydrogens is 366 g/mol. The van der Waals surface area contributed by atoms with Gasteiger partial charge in [-0.3, -0.25) is 14.3 Å². The van der Waals surface area contributed by atoms with Gasteiger partial charge in [-0.2, -0.15) is 5.10 Å². The van der Waals surface area contributed by atoms with E-state index < -0.39 is 9.84 Å². The van der Waals surface area contributed by atoms with Crippen molar-refractivity contribution in [3.63, 3.8) is 0 Å². The summed E-state index contributed by atoms with van der Waals surface area (Å²) in [5.41, 5.74) is 1.96. The molecule has 8 heteroatoms. The molecule has 1 fully saturated rings. The van der Waals surface area contributed by atoms with Crippen molar-refractivity contribution in [1.82, 2.24) is 14.8 Å². The SMILES string of the molecule is CON(C)C(=O)c1cc(-c2ccc(S(C)(=O)=O)cc2)n(C2CCCCC2)n1. The normalized spacial score (nSPS) is 15.7. The van der Waals surface area contributed by atoms with Crippen LogP contribution < -0.4 is 0 Å². The van der Waals surface area contributed by atoms with Gasteiger partial charge in [0.1, 0.15) is 0 Å². The number of carbonyl (C=O) groups is 1. The molecule has 2 aromatic rings. The lowest BCUT2D eigenvalue weighted by Gasteiger charge is -2.24. The molecule has 0 bridgehead atoms. The molecule has 0 unspecified atom stereocenters. The van der Waals surface area contributed by atoms with Crippen molar-refractivity contribution >= 4 is 15.7 Å². The Kier molecular flexibility index (Phi) is 5.67. The van der Waals surface area contributed by atoms with Crippen LogP contribution in [0.15, 0.2) is 35.2 Å². The van der Waals surface area contributed by atoms with Gasteiger partial charge in [-0.25, -0.2) is 13.5 Å². The standard InChI is InChI=1S/C19H25N3O4S/c1-21(26-2)19(23)17-13-18(22(20-17)15-7-5-4-6-8-15)14-9-11-16(12-10-14)27(3,24)25/h9-13,15H,4-8H2,1-3H3. The predicted octanol–water partition coefficient (Wildman–Crippen LogP) is 3.09. The number of carbonyl (C=O) groups excluding carboxylic acids is 1. The van der Waals surface area contributed by atoms with E-state index in [0.717, 1.165) is 42.0 Å². The Balaban J connectivity index is 2.03. The maximum Gasteiger partial charge on any atom is 0.297 e. The second-order valence-corrected chi connectivity index (χ2v) is 8.95. The maximum atomic E-state index is 12.5. The first-order valence-electron chi connectivity index (χ1n) is 9.03. The fourth-order valence-corrected chi connectivity index (χ4v) is 4.07. The first-order valence-corrected chi connectivity index (χ1v) is 10.9. The molecule has 27 heavy (non-hydrogen) atoms. The molecule has 1 aliphatic carbocycles. The summed E-state index contributed by atoms with van der Waals surface area (Å²) >= 11 is 0. The van der Waals surface area contributed by atoms with Gasteiger partial charge in [-0.1, -0.05) is 31.4 Å². The summed E-state index contributed by atoms with van der Waals surface area (Å²) in [5.74, 6) is -0.318. The van der Waals surface area contributed by atoms with E-state index in [9.17, 15) is 13.2 Å². The van der Waals surface area contributed by atoms with Gasteiger partial charge in [-0.15, -0.1) is 0 Å². The molecule has 0 atom stereocenters. The van der Waals surface area contributed by atoms with Crippen LogP contribution in [0, 0.1) is 0 Å². The predicted molar refractivity (Wildman–Crippen MR) is 102 cm³/mol. The van der Waals surface area contributed by atoms with Gasteiger partial charge in [-0.05, 0) is 36.6 Å². The zero-order valence-electron chi connectivity index (χ0n) is 15.9. The van der Waals surface area contributed by atoms with Gasteiger partial charge in [0.15, 0.2) is 15.5 Å². The van der Waals surface area contributed by atoms with E-state index in [0.29, 0.717) is 5.69 Å². The summed E-state index contributed by atoms with van der Waals surface area (Å²) in [6.07, 6.45) is 6.71. The number of aromatic nitrogens is 2. The fourth-order valence-electron chi connectivity index (χ4n) is 3.44. The van der Waals surface area contributed by atoms with Crippen LogP contribution in [-0.4, -0.2) is 49.6 Å². The first kappa shape index (κ1) is 19.6. The Morgan fingerprint density at radius 1 is 1.19 bits per heavy atom. The van der Waals surface area contributed by atoms with Crippen molar-refractivity contribution < 1.29 is 18.0 Å². The molecule has 1 amide bonds. The smallest absolute Gasteiger partial charge is 0.274 e. The highest BCUT2D eigenvalue weighted by Crippen LogP contribution is 2.33. The Morgan fingerprint density at radius 2 is 1.81 bits per heavy atom. The van der Waals surface area contributed by atoms with Crippen molar-refractivity contribution in [2.24, 2.45) is 0 Å². The maximum absolute atomic E-state index is 12.5. The number of sulfone groups is 1. The molecule has 146 valence electrons. The first-order chi connectivity index (χ1) is 12.8. The average Bonchev–Trinajstić information content (AvgIpc) is 3.12. The van der Waals surface area contributed by atoms with E-state index in [1.165, 1.54) is 19.8 Å². The molecule has 0 radical (unpaired) electrons. The minimum Gasteiger partial charge on any atom is -0.274 e. The summed E-state index contributed by atoms with van der Waals surface area (Å²) in [5, 5.41) is 5.72. The minimum absolute atomic E-state index is 0.234. The largest absolute Gasteiger partial charge is 0.297 e. The van der Waals surface area contributed by atoms with E-state index in [1.807, 2.05) is 4.68 Å². The van der Waals surface area contributed by atoms with E-state index >= 15 is 0 Å². The quantitative estimate of drug-likeness (QED) is 0.732. The van der Waals surface area contributed by atoms with Crippen molar-refractivity contribution in [3.05, 3.63) is 36.0 Å². The summed E-state index contributed by atoms with van der Waals surface area (Å²) < 4.78 is 25.4. The zero-order valence-corrected chi connectivity index (χ0v) is 16.7. The second-order valence-electron chi connectivity index (χ2n) is 6.93. The third kappa shape index (κ3) is 4.22. The highest BCUT2D eigenvalue weighted by molar-refractivity contribution is 7.90. The second kappa shape index (κ2) is 7.82. The zero-order chi connectivity index (χ0) is 19.6. The van der Waals surface area contributed by atoms with Crippen molar-refractivity contribution in [1.29, 1.82) is 0 Å². The average molecular weight is 391 g/mol. The van der Waals surface area contributed by atoms with Gasteiger partial charge < -0.3 is 0 Å². The number of benzene rings is 1. The molecule has 0 saturated heterocycles. The molecule has 1 heterocycles. The van der Waals surface area contributed by atoms with E-state index in [2.05, 4.69) is 5.10 Å². The van der Waals surface area contributed by atoms with E-state index in [-0.39, 0.29) is 16.8 Å². The summed E-state index contributed by atoms with van der Waals surface area (Å²) in [7, 11) is -0.279. The molecule has 0 spiro atoms. The van der Waals surface area contributed by atoms with Crippen LogP contribution in [0.5, 0.6) is 0 Å². The van der Waals surface area contributed by atoms with Gasteiger partial charge in [0.05, 0.1) is 23.7 Å². The molecule has 0 N–H and O–H groups in total. The Labute approximate surface area is 159 Å². The van der Waals surface area contributed by atoms with Crippen molar-refractivity contribution in [3.8, 4) is 11.3 Å². The molecule has 1 aromatic carbocycles. The van der Waals surface area contributed by atoms with Gasteiger partial charge >= 0.3 is 0 Å². The molecular formula is C19H25N3O4S. The number of hydrogen-bond acceptors (Lipinski definition) is 5. The number of hydrogen-bond donors (Lipinski definition) is 0. The topological polar surface area (TPSA) is 81.5 Å². The van der Waals surface area contributed by atoms with E-state index in [1.54, 1.807) is 37.4 Å². The molecule has 7 nitrogen and oxygen atoms in total. The number of rotatable bonds is 5. The Bertz CT molecular complexity index is 913. The lowest BCUT2D eigenvalue weighted by atomic mass is 9.95. The lowest BCUT2D eigenvalue weighted by molar-refractivity contribution is -0.0761. The van der Waals surface area contributed by atoms with Crippen LogP contribution in [-0.2, 0) is 14.7 Å². The molecule has 0 aliphatic heterocycles. The van der Waals surface area contributed by atoms with Gasteiger partial charge in [0, 0.05) is 13.3 Å². The number of amides is 1. The third-order valence-corrected chi connectivity index (χ3v) is 6.14. The lowest BCUT2D eigenvalue weighted by Crippen LogP contribution is -2.26. The minimum atomic E-state index is -3.25. The van der Waals surface area contributed by atoms with Crippen LogP contribution in [0.3, 0.4) is 0 Å². The van der Waals surface area contributed by atoms with Crippen LogP contribution in [0.1, 0.15) is 48.6 Å². The van der Waals surface area contributed by atoms with Crippen LogP contribution in [0.4, 0.5) is 0 Å². The van der Waals surface area contributed by atoms with Crippen molar-refractivity contribution in [2.75, 3.05) is 20.4 Å². The van der Waals surface area contributed by atoms with Crippen LogP contribution in [0.2, 0.25) is 0 Å². The van der Waals surface area contributed by atoms with Gasteiger partial charge in [0.25, 0.3) is 5.91 Å². The van der Waals surface area contributed by atoms with E-state index in [4.69, 9.17) is 4.84 Å². The Hall–Kier alpha value is -2.19. The monoisotopic (exact) mass is 391 g/mol. The molecule has 3 rings (SSSR count).